The van der Waals surface area contributed by atoms with Gasteiger partial charge in [0, 0.05) is 0 Å². The number of rotatable bonds is 5. The van der Waals surface area contributed by atoms with Crippen molar-refractivity contribution in [2.24, 2.45) is 0 Å². The van der Waals surface area contributed by atoms with Crippen molar-refractivity contribution in [2.75, 3.05) is 5.32 Å². The molecule has 0 aliphatic rings. The summed E-state index contributed by atoms with van der Waals surface area (Å²) in [6.45, 7) is 1.28. The summed E-state index contributed by atoms with van der Waals surface area (Å²) in [6.07, 6.45) is -1.07. The van der Waals surface area contributed by atoms with Crippen molar-refractivity contribution in [3.05, 3.63) is 64.4 Å². The van der Waals surface area contributed by atoms with Crippen LogP contribution >= 0.6 is 11.6 Å². The van der Waals surface area contributed by atoms with E-state index in [4.69, 9.17) is 21.4 Å². The quantitative estimate of drug-likeness (QED) is 0.811. The van der Waals surface area contributed by atoms with E-state index < -0.39 is 23.8 Å². The van der Waals surface area contributed by atoms with Crippen LogP contribution in [0.25, 0.3) is 0 Å². The number of hydrogen-bond acceptors (Lipinski definition) is 4. The summed E-state index contributed by atoms with van der Waals surface area (Å²) in [5.74, 6) is -1.79. The van der Waals surface area contributed by atoms with E-state index in [1.807, 2.05) is 0 Å². The molecule has 0 fully saturated rings. The van der Waals surface area contributed by atoms with E-state index in [0.29, 0.717) is 5.56 Å². The summed E-state index contributed by atoms with van der Waals surface area (Å²) < 4.78 is 18.1. The Balaban J connectivity index is 1.98. The molecule has 0 heterocycles. The lowest BCUT2D eigenvalue weighted by atomic mass is 10.1. The van der Waals surface area contributed by atoms with Crippen molar-refractivity contribution in [1.82, 2.24) is 0 Å². The minimum Gasteiger partial charge on any atom is -0.449 e. The van der Waals surface area contributed by atoms with Crippen LogP contribution in [0.5, 0.6) is 0 Å². The molecular weight excluding hydrogens is 337 g/mol. The maximum Gasteiger partial charge on any atom is 0.338 e. The molecule has 5 nitrogen and oxygen atoms in total. The van der Waals surface area contributed by atoms with Gasteiger partial charge in [-0.25, -0.2) is 9.18 Å². The molecule has 0 aliphatic carbocycles. The highest BCUT2D eigenvalue weighted by Crippen LogP contribution is 2.22. The van der Waals surface area contributed by atoms with Gasteiger partial charge in [0.25, 0.3) is 5.91 Å². The lowest BCUT2D eigenvalue weighted by Crippen LogP contribution is -2.30. The normalized spacial score (nSPS) is 11.7. The van der Waals surface area contributed by atoms with Crippen LogP contribution in [0.2, 0.25) is 5.02 Å². The number of carbonyl (C=O) groups is 2. The number of benzene rings is 2. The highest BCUT2D eigenvalue weighted by Gasteiger charge is 2.20. The molecular formula is C17H15ClFNO4. The van der Waals surface area contributed by atoms with Gasteiger partial charge in [0.1, 0.15) is 5.82 Å². The number of aliphatic hydroxyl groups is 1. The number of hydrogen-bond donors (Lipinski definition) is 2. The summed E-state index contributed by atoms with van der Waals surface area (Å²) in [5, 5.41) is 11.5. The molecule has 0 radical (unpaired) electrons. The molecule has 0 saturated heterocycles. The number of halogens is 2. The molecule has 1 atom stereocenters. The SMILES string of the molecule is C[C@@H](OC(=O)c1ccc(CO)cc1)C(=O)Nc1ccc(F)cc1Cl. The molecule has 1 amide bonds. The van der Waals surface area contributed by atoms with Gasteiger partial charge in [-0.3, -0.25) is 4.79 Å². The highest BCUT2D eigenvalue weighted by atomic mass is 35.5. The summed E-state index contributed by atoms with van der Waals surface area (Å²) in [5.41, 5.74) is 1.13. The second-order valence-electron chi connectivity index (χ2n) is 5.02. The van der Waals surface area contributed by atoms with Gasteiger partial charge < -0.3 is 15.2 Å². The Kier molecular flexibility index (Phi) is 5.89. The van der Waals surface area contributed by atoms with Crippen molar-refractivity contribution < 1.29 is 23.8 Å². The van der Waals surface area contributed by atoms with E-state index in [9.17, 15) is 14.0 Å². The second-order valence-corrected chi connectivity index (χ2v) is 5.42. The topological polar surface area (TPSA) is 75.6 Å². The van der Waals surface area contributed by atoms with E-state index in [2.05, 4.69) is 5.32 Å². The van der Waals surface area contributed by atoms with E-state index in [-0.39, 0.29) is 22.9 Å². The number of nitrogens with one attached hydrogen (secondary N) is 1. The Morgan fingerprint density at radius 1 is 1.25 bits per heavy atom. The third-order valence-electron chi connectivity index (χ3n) is 3.21. The average Bonchev–Trinajstić information content (AvgIpc) is 2.57. The monoisotopic (exact) mass is 351 g/mol. The zero-order chi connectivity index (χ0) is 17.7. The minimum absolute atomic E-state index is 0.0430. The Bertz CT molecular complexity index is 749. The van der Waals surface area contributed by atoms with Gasteiger partial charge in [-0.1, -0.05) is 23.7 Å². The van der Waals surface area contributed by atoms with Crippen LogP contribution in [0, 0.1) is 5.82 Å². The Hall–Kier alpha value is -2.44. The molecule has 2 aromatic rings. The van der Waals surface area contributed by atoms with Crippen LogP contribution in [0.4, 0.5) is 10.1 Å². The first-order valence-electron chi connectivity index (χ1n) is 7.07. The van der Waals surface area contributed by atoms with Crippen LogP contribution in [0.15, 0.2) is 42.5 Å². The van der Waals surface area contributed by atoms with E-state index >= 15 is 0 Å². The lowest BCUT2D eigenvalue weighted by Gasteiger charge is -2.14. The fourth-order valence-electron chi connectivity index (χ4n) is 1.85. The van der Waals surface area contributed by atoms with Gasteiger partial charge in [0.05, 0.1) is 22.9 Å². The number of esters is 1. The van der Waals surface area contributed by atoms with Gasteiger partial charge in [-0.15, -0.1) is 0 Å². The summed E-state index contributed by atoms with van der Waals surface area (Å²) in [6, 6.07) is 9.69. The van der Waals surface area contributed by atoms with Crippen LogP contribution in [0.3, 0.4) is 0 Å². The van der Waals surface area contributed by atoms with Crippen LogP contribution < -0.4 is 5.32 Å². The molecule has 0 spiro atoms. The molecule has 0 aromatic heterocycles. The molecule has 2 rings (SSSR count). The number of anilines is 1. The Morgan fingerprint density at radius 2 is 1.92 bits per heavy atom. The number of ether oxygens (including phenoxy) is 1. The smallest absolute Gasteiger partial charge is 0.338 e. The van der Waals surface area contributed by atoms with Gasteiger partial charge in [0.2, 0.25) is 0 Å². The average molecular weight is 352 g/mol. The number of carbonyl (C=O) groups excluding carboxylic acids is 2. The lowest BCUT2D eigenvalue weighted by molar-refractivity contribution is -0.123. The Morgan fingerprint density at radius 3 is 2.50 bits per heavy atom. The Labute approximate surface area is 143 Å². The molecule has 2 aromatic carbocycles. The van der Waals surface area contributed by atoms with E-state index in [1.165, 1.54) is 25.1 Å². The van der Waals surface area contributed by atoms with Crippen LogP contribution in [-0.2, 0) is 16.1 Å². The zero-order valence-electron chi connectivity index (χ0n) is 12.8. The fourth-order valence-corrected chi connectivity index (χ4v) is 2.07. The number of amides is 1. The second kappa shape index (κ2) is 7.90. The maximum absolute atomic E-state index is 13.0. The van der Waals surface area contributed by atoms with E-state index in [0.717, 1.165) is 12.1 Å². The first-order valence-corrected chi connectivity index (χ1v) is 7.45. The molecule has 0 aliphatic heterocycles. The molecule has 0 bridgehead atoms. The molecule has 0 unspecified atom stereocenters. The number of aliphatic hydroxyl groups excluding tert-OH is 1. The van der Waals surface area contributed by atoms with Crippen molar-refractivity contribution in [3.63, 3.8) is 0 Å². The van der Waals surface area contributed by atoms with Gasteiger partial charge in [-0.05, 0) is 42.8 Å². The molecule has 24 heavy (non-hydrogen) atoms. The predicted octanol–water partition coefficient (Wildman–Crippen LogP) is 3.16. The maximum atomic E-state index is 13.0. The van der Waals surface area contributed by atoms with E-state index in [1.54, 1.807) is 12.1 Å². The highest BCUT2D eigenvalue weighted by molar-refractivity contribution is 6.33. The third kappa shape index (κ3) is 4.53. The summed E-state index contributed by atoms with van der Waals surface area (Å²) in [7, 11) is 0. The molecule has 7 heteroatoms. The molecule has 0 saturated carbocycles. The van der Waals surface area contributed by atoms with Gasteiger partial charge in [0.15, 0.2) is 6.10 Å². The van der Waals surface area contributed by atoms with Crippen LogP contribution in [-0.4, -0.2) is 23.1 Å². The fraction of sp³-hybridized carbons (Fsp3) is 0.176. The van der Waals surface area contributed by atoms with Gasteiger partial charge >= 0.3 is 5.97 Å². The zero-order valence-corrected chi connectivity index (χ0v) is 13.5. The first-order chi connectivity index (χ1) is 11.4. The molecule has 2 N–H and O–H groups in total. The minimum atomic E-state index is -1.07. The standard InChI is InChI=1S/C17H15ClFNO4/c1-10(16(22)20-15-7-6-13(19)8-14(15)18)24-17(23)12-4-2-11(9-21)3-5-12/h2-8,10,21H,9H2,1H3,(H,20,22)/t10-/m1/s1. The third-order valence-corrected chi connectivity index (χ3v) is 3.53. The van der Waals surface area contributed by atoms with Crippen molar-refractivity contribution in [1.29, 1.82) is 0 Å². The van der Waals surface area contributed by atoms with Crippen LogP contribution in [0.1, 0.15) is 22.8 Å². The van der Waals surface area contributed by atoms with Crippen molar-refractivity contribution >= 4 is 29.2 Å². The summed E-state index contributed by atoms with van der Waals surface area (Å²) >= 11 is 5.83. The molecule has 126 valence electrons. The largest absolute Gasteiger partial charge is 0.449 e. The predicted molar refractivity (Wildman–Crippen MR) is 87.3 cm³/mol. The van der Waals surface area contributed by atoms with Gasteiger partial charge in [-0.2, -0.15) is 0 Å². The summed E-state index contributed by atoms with van der Waals surface area (Å²) in [4.78, 5) is 24.0. The van der Waals surface area contributed by atoms with Crippen molar-refractivity contribution in [2.45, 2.75) is 19.6 Å². The first kappa shape index (κ1) is 17.9. The van der Waals surface area contributed by atoms with Crippen molar-refractivity contribution in [3.8, 4) is 0 Å².